The van der Waals surface area contributed by atoms with Gasteiger partial charge in [-0.3, -0.25) is 4.57 Å². The molecule has 330 valence electrons. The molecule has 0 atom stereocenters. The fraction of sp³-hybridized carbons (Fsp3) is 0.0781. The molecule has 2 aliphatic rings. The predicted octanol–water partition coefficient (Wildman–Crippen LogP) is 17.2. The third-order valence-electron chi connectivity index (χ3n) is 13.2. The number of anilines is 4. The average Bonchev–Trinajstić information content (AvgIpc) is 3.75. The van der Waals surface area contributed by atoms with Crippen molar-refractivity contribution in [1.29, 1.82) is 0 Å². The van der Waals surface area contributed by atoms with E-state index < -0.39 is 53.9 Å². The monoisotopic (exact) mass is 898 g/mol. The summed E-state index contributed by atoms with van der Waals surface area (Å²) in [7, 11) is 0. The van der Waals surface area contributed by atoms with Gasteiger partial charge in [-0.05, 0) is 111 Å². The van der Waals surface area contributed by atoms with E-state index in [2.05, 4.69) is 122 Å². The molecule has 69 heavy (non-hydrogen) atoms. The molecular weight excluding hydrogens is 841 g/mol. The SMILES string of the molecule is [2H]c1c([2H])c([2H])c(-c2c([2H])c([2H])c3c(c2[2H])c2c([2H])c([2H])c4cc2n3-c2cccc(n2)-c2cccc(c2)-c2ccccc2-c2cccc(-c3cccc(C(C)(C)C)c3)c2N2CN(c3cccc(c3)O4)c3ccccc32)c([2H])c1[2H]. The molecule has 9 aromatic carbocycles. The Labute approximate surface area is 416 Å². The van der Waals surface area contributed by atoms with Crippen molar-refractivity contribution in [1.82, 2.24) is 9.55 Å². The molecule has 13 rings (SSSR count). The van der Waals surface area contributed by atoms with Crippen LogP contribution in [0.25, 0.3) is 83.4 Å². The van der Waals surface area contributed by atoms with Crippen molar-refractivity contribution >= 4 is 44.6 Å². The summed E-state index contributed by atoms with van der Waals surface area (Å²) in [6, 6.07) is 49.6. The lowest BCUT2D eigenvalue weighted by molar-refractivity contribution is 0.483. The molecule has 0 radical (unpaired) electrons. The number of ether oxygens (including phenoxy) is 1. The summed E-state index contributed by atoms with van der Waals surface area (Å²) in [6.45, 7) is 7.11. The third-order valence-corrected chi connectivity index (χ3v) is 13.2. The first kappa shape index (κ1) is 31.3. The number of nitrogens with zero attached hydrogens (tertiary/aromatic N) is 4. The summed E-state index contributed by atoms with van der Waals surface area (Å²) in [6.07, 6.45) is 0. The van der Waals surface area contributed by atoms with Crippen molar-refractivity contribution < 1.29 is 18.4 Å². The van der Waals surface area contributed by atoms with Gasteiger partial charge >= 0.3 is 0 Å². The van der Waals surface area contributed by atoms with E-state index in [9.17, 15) is 6.85 Å². The molecule has 0 amide bonds. The topological polar surface area (TPSA) is 33.5 Å². The molecule has 0 N–H and O–H groups in total. The molecule has 2 aromatic heterocycles. The van der Waals surface area contributed by atoms with Crippen LogP contribution in [0.2, 0.25) is 0 Å². The van der Waals surface area contributed by atoms with Gasteiger partial charge in [-0.15, -0.1) is 0 Å². The molecule has 0 fully saturated rings. The minimum absolute atomic E-state index is 0.000670. The van der Waals surface area contributed by atoms with E-state index in [1.807, 2.05) is 54.6 Å². The van der Waals surface area contributed by atoms with Crippen molar-refractivity contribution in [3.63, 3.8) is 0 Å². The zero-order chi connectivity index (χ0) is 54.9. The molecule has 4 heterocycles. The van der Waals surface area contributed by atoms with Crippen LogP contribution in [0.3, 0.4) is 0 Å². The van der Waals surface area contributed by atoms with E-state index in [1.165, 1.54) is 5.56 Å². The van der Waals surface area contributed by atoms with Crippen LogP contribution in [0.4, 0.5) is 22.7 Å². The minimum Gasteiger partial charge on any atom is -0.457 e. The van der Waals surface area contributed by atoms with Gasteiger partial charge in [-0.2, -0.15) is 0 Å². The second kappa shape index (κ2) is 16.0. The first-order valence-electron chi connectivity index (χ1n) is 28.0. The normalized spacial score (nSPS) is 14.9. The maximum absolute atomic E-state index is 9.81. The van der Waals surface area contributed by atoms with Crippen LogP contribution in [0, 0.1) is 0 Å². The van der Waals surface area contributed by atoms with Crippen LogP contribution in [0.15, 0.2) is 224 Å². The Morgan fingerprint density at radius 1 is 0.493 bits per heavy atom. The molecule has 5 heteroatoms. The molecule has 10 bridgehead atoms. The van der Waals surface area contributed by atoms with Crippen molar-refractivity contribution in [2.45, 2.75) is 26.2 Å². The fourth-order valence-electron chi connectivity index (χ4n) is 9.88. The standard InChI is InChI=1S/C64H48N4O/c1-64(2,3)47-21-12-19-45(37-47)52-26-14-27-55-53-25-8-7-24-51(53)44-18-11-20-46(36-44)57-28-15-31-62(65-57)68-58-35-32-43(42-16-5-4-6-17-42)38-56(58)54-34-33-50(40-61(54)68)69-49-23-13-22-48(39-49)66-41-67(63(52)55)60-30-10-9-29-59(60)66/h4-40H,41H2,1-3H3/i4D,5D,6D,16D,17D,32D,33D,34D,35D,38D. The van der Waals surface area contributed by atoms with Gasteiger partial charge in [0.05, 0.1) is 47.5 Å². The smallest absolute Gasteiger partial charge is 0.138 e. The Morgan fingerprint density at radius 3 is 2.06 bits per heavy atom. The molecule has 0 saturated heterocycles. The number of benzene rings is 9. The van der Waals surface area contributed by atoms with E-state index >= 15 is 0 Å². The third kappa shape index (κ3) is 6.96. The van der Waals surface area contributed by atoms with Crippen LogP contribution in [0.1, 0.15) is 40.0 Å². The second-order valence-corrected chi connectivity index (χ2v) is 18.5. The average molecular weight is 899 g/mol. The zero-order valence-electron chi connectivity index (χ0n) is 48.0. The van der Waals surface area contributed by atoms with E-state index in [1.54, 1.807) is 22.8 Å². The summed E-state index contributed by atoms with van der Waals surface area (Å²) >= 11 is 0. The molecule has 0 spiro atoms. The summed E-state index contributed by atoms with van der Waals surface area (Å²) in [5, 5.41) is 0.0444. The van der Waals surface area contributed by atoms with Gasteiger partial charge in [0.25, 0.3) is 0 Å². The van der Waals surface area contributed by atoms with Gasteiger partial charge in [0.2, 0.25) is 0 Å². The van der Waals surface area contributed by atoms with Crippen LogP contribution in [-0.2, 0) is 5.41 Å². The first-order valence-corrected chi connectivity index (χ1v) is 23.0. The molecule has 0 aliphatic carbocycles. The van der Waals surface area contributed by atoms with Crippen LogP contribution in [-0.4, -0.2) is 16.2 Å². The van der Waals surface area contributed by atoms with Gasteiger partial charge in [0.15, 0.2) is 0 Å². The lowest BCUT2D eigenvalue weighted by Crippen LogP contribution is -2.25. The Balaban J connectivity index is 1.10. The van der Waals surface area contributed by atoms with Crippen molar-refractivity contribution in [2.24, 2.45) is 0 Å². The highest BCUT2D eigenvalue weighted by Crippen LogP contribution is 2.52. The summed E-state index contributed by atoms with van der Waals surface area (Å²) < 4.78 is 99.5. The van der Waals surface area contributed by atoms with Crippen molar-refractivity contribution in [2.75, 3.05) is 16.5 Å². The Bertz CT molecular complexity index is 4380. The molecule has 0 saturated carbocycles. The highest BCUT2D eigenvalue weighted by molar-refractivity contribution is 6.11. The molecule has 0 unspecified atom stereocenters. The number of para-hydroxylation sites is 3. The maximum atomic E-state index is 9.81. The Morgan fingerprint density at radius 2 is 1.20 bits per heavy atom. The lowest BCUT2D eigenvalue weighted by Gasteiger charge is -2.28. The minimum atomic E-state index is -0.655. The zero-order valence-corrected chi connectivity index (χ0v) is 38.0. The van der Waals surface area contributed by atoms with Crippen LogP contribution in [0.5, 0.6) is 11.5 Å². The predicted molar refractivity (Wildman–Crippen MR) is 287 cm³/mol. The molecule has 5 nitrogen and oxygen atoms in total. The molecular formula is C64H48N4O. The largest absolute Gasteiger partial charge is 0.457 e. The number of fused-ring (bicyclic) bond motifs is 23. The van der Waals surface area contributed by atoms with Crippen LogP contribution < -0.4 is 14.5 Å². The van der Waals surface area contributed by atoms with Gasteiger partial charge in [-0.25, -0.2) is 4.98 Å². The lowest BCUT2D eigenvalue weighted by atomic mass is 9.84. The van der Waals surface area contributed by atoms with Gasteiger partial charge in [0.1, 0.15) is 24.0 Å². The van der Waals surface area contributed by atoms with E-state index in [4.69, 9.17) is 16.6 Å². The Kier molecular flexibility index (Phi) is 7.26. The van der Waals surface area contributed by atoms with Gasteiger partial charge in [0, 0.05) is 45.3 Å². The van der Waals surface area contributed by atoms with Gasteiger partial charge in [-0.1, -0.05) is 166 Å². The quantitative estimate of drug-likeness (QED) is 0.173. The van der Waals surface area contributed by atoms with Crippen LogP contribution >= 0.6 is 0 Å². The number of aromatic nitrogens is 2. The van der Waals surface area contributed by atoms with Crippen molar-refractivity contribution in [3.8, 4) is 73.1 Å². The first-order chi connectivity index (χ1) is 38.0. The van der Waals surface area contributed by atoms with Gasteiger partial charge < -0.3 is 14.5 Å². The van der Waals surface area contributed by atoms with E-state index in [0.29, 0.717) is 18.1 Å². The number of hydrogen-bond acceptors (Lipinski definition) is 4. The van der Waals surface area contributed by atoms with E-state index in [0.717, 1.165) is 61.7 Å². The maximum Gasteiger partial charge on any atom is 0.138 e. The fourth-order valence-corrected chi connectivity index (χ4v) is 9.88. The van der Waals surface area contributed by atoms with Crippen molar-refractivity contribution in [3.05, 3.63) is 230 Å². The number of rotatable bonds is 2. The molecule has 11 aromatic rings. The number of pyridine rings is 1. The Hall–Kier alpha value is -8.67. The highest BCUT2D eigenvalue weighted by Gasteiger charge is 2.32. The highest BCUT2D eigenvalue weighted by atomic mass is 16.5. The second-order valence-electron chi connectivity index (χ2n) is 18.5. The molecule has 2 aliphatic heterocycles. The summed E-state index contributed by atoms with van der Waals surface area (Å²) in [4.78, 5) is 9.86. The summed E-state index contributed by atoms with van der Waals surface area (Å²) in [5.74, 6) is 0.651. The van der Waals surface area contributed by atoms with E-state index in [-0.39, 0.29) is 56.4 Å². The number of hydrogen-bond donors (Lipinski definition) is 0. The summed E-state index contributed by atoms with van der Waals surface area (Å²) in [5.41, 5.74) is 11.9.